The number of hydrogen-bond donors (Lipinski definition) is 0. The molecule has 15 heavy (non-hydrogen) atoms. The van der Waals surface area contributed by atoms with Gasteiger partial charge in [0.15, 0.2) is 0 Å². The van der Waals surface area contributed by atoms with Gasteiger partial charge in [-0.15, -0.1) is 0 Å². The lowest BCUT2D eigenvalue weighted by Crippen LogP contribution is -2.31. The number of carbonyl (C=O) groups is 1. The average molecular weight is 268 g/mol. The largest absolute Gasteiger partial charge is 0.368 e. The van der Waals surface area contributed by atoms with Crippen molar-refractivity contribution in [1.29, 1.82) is 0 Å². The molecule has 2 nitrogen and oxygen atoms in total. The normalized spacial score (nSPS) is 19.1. The van der Waals surface area contributed by atoms with E-state index in [2.05, 4.69) is 46.0 Å². The highest BCUT2D eigenvalue weighted by atomic mass is 79.9. The minimum atomic E-state index is 0.358. The molecule has 0 spiro atoms. The standard InChI is InChI=1S/C12H14BrNO/c1-2-14-11(5-6-15)8-9-7-10(13)3-4-12(9)14/h3-4,6-7,11H,2,5,8H2,1H3. The molecule has 0 saturated heterocycles. The number of nitrogens with zero attached hydrogens (tertiary/aromatic N) is 1. The van der Waals surface area contributed by atoms with Crippen molar-refractivity contribution < 1.29 is 4.79 Å². The molecule has 3 heteroatoms. The summed E-state index contributed by atoms with van der Waals surface area (Å²) < 4.78 is 1.11. The van der Waals surface area contributed by atoms with Gasteiger partial charge in [-0.25, -0.2) is 0 Å². The van der Waals surface area contributed by atoms with Gasteiger partial charge in [-0.2, -0.15) is 0 Å². The van der Waals surface area contributed by atoms with E-state index in [1.807, 2.05) is 0 Å². The minimum absolute atomic E-state index is 0.358. The van der Waals surface area contributed by atoms with Crippen LogP contribution >= 0.6 is 15.9 Å². The second-order valence-electron chi connectivity index (χ2n) is 3.82. The lowest BCUT2D eigenvalue weighted by molar-refractivity contribution is -0.108. The van der Waals surface area contributed by atoms with Crippen molar-refractivity contribution in [2.45, 2.75) is 25.8 Å². The van der Waals surface area contributed by atoms with Crippen LogP contribution in [0.15, 0.2) is 22.7 Å². The van der Waals surface area contributed by atoms with Crippen LogP contribution in [0.2, 0.25) is 0 Å². The number of anilines is 1. The van der Waals surface area contributed by atoms with Gasteiger partial charge in [0.2, 0.25) is 0 Å². The maximum Gasteiger partial charge on any atom is 0.122 e. The molecule has 0 N–H and O–H groups in total. The predicted molar refractivity (Wildman–Crippen MR) is 65.3 cm³/mol. The average Bonchev–Trinajstić information content (AvgIpc) is 2.54. The minimum Gasteiger partial charge on any atom is -0.368 e. The molecule has 0 radical (unpaired) electrons. The summed E-state index contributed by atoms with van der Waals surface area (Å²) in [4.78, 5) is 12.9. The quantitative estimate of drug-likeness (QED) is 0.786. The number of aldehydes is 1. The van der Waals surface area contributed by atoms with Gasteiger partial charge in [0.25, 0.3) is 0 Å². The zero-order valence-corrected chi connectivity index (χ0v) is 10.3. The van der Waals surface area contributed by atoms with E-state index in [1.54, 1.807) is 0 Å². The number of likely N-dealkylation sites (N-methyl/N-ethyl adjacent to an activating group) is 1. The molecular formula is C12H14BrNO. The molecule has 1 aromatic carbocycles. The van der Waals surface area contributed by atoms with E-state index >= 15 is 0 Å². The first-order valence-corrected chi connectivity index (χ1v) is 6.04. The molecule has 0 aliphatic carbocycles. The van der Waals surface area contributed by atoms with Crippen LogP contribution in [0.25, 0.3) is 0 Å². The van der Waals surface area contributed by atoms with Crippen molar-refractivity contribution >= 4 is 27.9 Å². The van der Waals surface area contributed by atoms with Gasteiger partial charge < -0.3 is 9.69 Å². The Morgan fingerprint density at radius 1 is 1.60 bits per heavy atom. The zero-order chi connectivity index (χ0) is 10.8. The molecule has 0 aromatic heterocycles. The summed E-state index contributed by atoms with van der Waals surface area (Å²) in [5.41, 5.74) is 2.63. The molecule has 0 saturated carbocycles. The molecule has 1 unspecified atom stereocenters. The topological polar surface area (TPSA) is 20.3 Å². The molecule has 0 fully saturated rings. The number of fused-ring (bicyclic) bond motifs is 1. The second-order valence-corrected chi connectivity index (χ2v) is 4.74. The third-order valence-corrected chi connectivity index (χ3v) is 3.45. The summed E-state index contributed by atoms with van der Waals surface area (Å²) in [6.45, 7) is 3.10. The van der Waals surface area contributed by atoms with Crippen molar-refractivity contribution in [2.24, 2.45) is 0 Å². The molecule has 1 aliphatic heterocycles. The van der Waals surface area contributed by atoms with Crippen molar-refractivity contribution in [2.75, 3.05) is 11.4 Å². The molecule has 0 amide bonds. The lowest BCUT2D eigenvalue weighted by Gasteiger charge is -2.24. The van der Waals surface area contributed by atoms with E-state index in [4.69, 9.17) is 0 Å². The van der Waals surface area contributed by atoms with Crippen LogP contribution in [0.4, 0.5) is 5.69 Å². The van der Waals surface area contributed by atoms with Gasteiger partial charge in [0.05, 0.1) is 0 Å². The first-order valence-electron chi connectivity index (χ1n) is 5.25. The number of hydrogen-bond acceptors (Lipinski definition) is 2. The summed E-state index contributed by atoms with van der Waals surface area (Å²) in [5.74, 6) is 0. The van der Waals surface area contributed by atoms with Crippen LogP contribution in [0.5, 0.6) is 0 Å². The van der Waals surface area contributed by atoms with E-state index in [0.29, 0.717) is 12.5 Å². The Morgan fingerprint density at radius 3 is 3.07 bits per heavy atom. The highest BCUT2D eigenvalue weighted by Gasteiger charge is 2.27. The van der Waals surface area contributed by atoms with E-state index in [0.717, 1.165) is 23.7 Å². The van der Waals surface area contributed by atoms with Crippen molar-refractivity contribution in [3.8, 4) is 0 Å². The number of benzene rings is 1. The third kappa shape index (κ3) is 1.93. The first kappa shape index (κ1) is 10.7. The van der Waals surface area contributed by atoms with Crippen molar-refractivity contribution in [3.63, 3.8) is 0 Å². The van der Waals surface area contributed by atoms with Crippen LogP contribution in [0.3, 0.4) is 0 Å². The third-order valence-electron chi connectivity index (χ3n) is 2.96. The highest BCUT2D eigenvalue weighted by molar-refractivity contribution is 9.10. The highest BCUT2D eigenvalue weighted by Crippen LogP contribution is 2.34. The fraction of sp³-hybridized carbons (Fsp3) is 0.417. The molecule has 1 aromatic rings. The maximum atomic E-state index is 10.6. The first-order chi connectivity index (χ1) is 7.26. The zero-order valence-electron chi connectivity index (χ0n) is 8.74. The van der Waals surface area contributed by atoms with Gasteiger partial charge >= 0.3 is 0 Å². The summed E-state index contributed by atoms with van der Waals surface area (Å²) in [6, 6.07) is 6.71. The van der Waals surface area contributed by atoms with E-state index in [9.17, 15) is 4.79 Å². The van der Waals surface area contributed by atoms with Crippen LogP contribution in [0, 0.1) is 0 Å². The van der Waals surface area contributed by atoms with Crippen molar-refractivity contribution in [3.05, 3.63) is 28.2 Å². The summed E-state index contributed by atoms with van der Waals surface area (Å²) >= 11 is 3.48. The van der Waals surface area contributed by atoms with Gasteiger partial charge in [-0.3, -0.25) is 0 Å². The van der Waals surface area contributed by atoms with Crippen LogP contribution in [-0.4, -0.2) is 18.9 Å². The Bertz CT molecular complexity index is 378. The SMILES string of the molecule is CCN1c2ccc(Br)cc2CC1CC=O. The Balaban J connectivity index is 2.32. The number of rotatable bonds is 3. The van der Waals surface area contributed by atoms with Crippen LogP contribution in [-0.2, 0) is 11.2 Å². The van der Waals surface area contributed by atoms with Gasteiger partial charge in [0.1, 0.15) is 6.29 Å². The van der Waals surface area contributed by atoms with E-state index in [-0.39, 0.29) is 0 Å². The Morgan fingerprint density at radius 2 is 2.40 bits per heavy atom. The Labute approximate surface area is 98.4 Å². The second kappa shape index (κ2) is 4.35. The number of halogens is 1. The number of carbonyl (C=O) groups excluding carboxylic acids is 1. The molecule has 2 rings (SSSR count). The molecule has 1 aliphatic rings. The summed E-state index contributed by atoms with van der Waals surface area (Å²) in [6.07, 6.45) is 2.63. The lowest BCUT2D eigenvalue weighted by atomic mass is 10.1. The predicted octanol–water partition coefficient (Wildman–Crippen LogP) is 2.79. The summed E-state index contributed by atoms with van der Waals surface area (Å²) in [5, 5.41) is 0. The smallest absolute Gasteiger partial charge is 0.122 e. The maximum absolute atomic E-state index is 10.6. The van der Waals surface area contributed by atoms with Gasteiger partial charge in [-0.05, 0) is 37.1 Å². The van der Waals surface area contributed by atoms with Gasteiger partial charge in [0, 0.05) is 29.2 Å². The van der Waals surface area contributed by atoms with Crippen molar-refractivity contribution in [1.82, 2.24) is 0 Å². The van der Waals surface area contributed by atoms with Crippen LogP contribution < -0.4 is 4.90 Å². The Hall–Kier alpha value is -0.830. The van der Waals surface area contributed by atoms with E-state index < -0.39 is 0 Å². The molecular weight excluding hydrogens is 254 g/mol. The monoisotopic (exact) mass is 267 g/mol. The fourth-order valence-corrected chi connectivity index (χ4v) is 2.72. The fourth-order valence-electron chi connectivity index (χ4n) is 2.31. The molecule has 80 valence electrons. The van der Waals surface area contributed by atoms with E-state index in [1.165, 1.54) is 11.3 Å². The Kier molecular flexibility index (Phi) is 3.10. The summed E-state index contributed by atoms with van der Waals surface area (Å²) in [7, 11) is 0. The molecule has 1 heterocycles. The molecule has 0 bridgehead atoms. The van der Waals surface area contributed by atoms with Gasteiger partial charge in [-0.1, -0.05) is 15.9 Å². The van der Waals surface area contributed by atoms with Crippen LogP contribution in [0.1, 0.15) is 18.9 Å². The molecule has 1 atom stereocenters.